The van der Waals surface area contributed by atoms with E-state index in [0.29, 0.717) is 17.1 Å². The molecule has 8 heteroatoms. The number of carbonyl (C=O) groups is 1. The molecule has 6 nitrogen and oxygen atoms in total. The Labute approximate surface area is 193 Å². The van der Waals surface area contributed by atoms with Gasteiger partial charge in [0, 0.05) is 17.3 Å². The number of carbonyl (C=O) groups excluding carboxylic acids is 1. The Hall–Kier alpha value is -2.87. The normalized spacial score (nSPS) is 11.4. The zero-order valence-corrected chi connectivity index (χ0v) is 19.5. The highest BCUT2D eigenvalue weighted by Gasteiger charge is 2.29. The maximum atomic E-state index is 13.6. The lowest BCUT2D eigenvalue weighted by molar-refractivity contribution is -0.116. The topological polar surface area (TPSA) is 75.7 Å². The largest absolute Gasteiger partial charge is 0.495 e. The van der Waals surface area contributed by atoms with E-state index >= 15 is 0 Å². The molecule has 0 aliphatic carbocycles. The van der Waals surface area contributed by atoms with E-state index in [1.165, 1.54) is 11.4 Å². The quantitative estimate of drug-likeness (QED) is 0.496. The van der Waals surface area contributed by atoms with Crippen LogP contribution in [0, 0.1) is 6.92 Å². The molecule has 3 rings (SSSR count). The lowest BCUT2D eigenvalue weighted by atomic mass is 10.1. The third-order valence-electron chi connectivity index (χ3n) is 4.86. The van der Waals surface area contributed by atoms with Crippen LogP contribution in [0.1, 0.15) is 11.1 Å². The summed E-state index contributed by atoms with van der Waals surface area (Å²) in [6.45, 7) is 1.59. The Morgan fingerprint density at radius 2 is 1.78 bits per heavy atom. The number of hydrogen-bond donors (Lipinski definition) is 1. The number of hydrogen-bond acceptors (Lipinski definition) is 4. The Balaban J connectivity index is 1.89. The molecule has 3 aromatic rings. The zero-order chi connectivity index (χ0) is 23.1. The molecule has 0 atom stereocenters. The molecular weight excluding hydrogens is 448 g/mol. The van der Waals surface area contributed by atoms with Crippen molar-refractivity contribution in [1.29, 1.82) is 0 Å². The van der Waals surface area contributed by atoms with Gasteiger partial charge in [0.25, 0.3) is 0 Å². The third-order valence-corrected chi connectivity index (χ3v) is 6.96. The van der Waals surface area contributed by atoms with E-state index < -0.39 is 15.9 Å². The molecule has 0 aliphatic rings. The first-order valence-corrected chi connectivity index (χ1v) is 11.9. The highest BCUT2D eigenvalue weighted by molar-refractivity contribution is 7.89. The van der Waals surface area contributed by atoms with Crippen molar-refractivity contribution in [2.75, 3.05) is 25.5 Å². The molecule has 0 radical (unpaired) electrons. The van der Waals surface area contributed by atoms with Crippen LogP contribution in [0.5, 0.6) is 5.75 Å². The Morgan fingerprint density at radius 1 is 1.03 bits per heavy atom. The molecule has 32 heavy (non-hydrogen) atoms. The van der Waals surface area contributed by atoms with Gasteiger partial charge in [-0.25, -0.2) is 8.42 Å². The summed E-state index contributed by atoms with van der Waals surface area (Å²) in [4.78, 5) is 12.8. The fraction of sp³-hybridized carbons (Fsp3) is 0.208. The lowest BCUT2D eigenvalue weighted by Gasteiger charge is -2.23. The van der Waals surface area contributed by atoms with E-state index in [4.69, 9.17) is 16.3 Å². The monoisotopic (exact) mass is 472 g/mol. The van der Waals surface area contributed by atoms with Crippen LogP contribution in [0.25, 0.3) is 0 Å². The first-order valence-electron chi connectivity index (χ1n) is 10.0. The van der Waals surface area contributed by atoms with Crippen molar-refractivity contribution < 1.29 is 17.9 Å². The third kappa shape index (κ3) is 6.09. The summed E-state index contributed by atoms with van der Waals surface area (Å²) in [6.07, 6.45) is 0.457. The smallest absolute Gasteiger partial charge is 0.247 e. The van der Waals surface area contributed by atoms with Crippen LogP contribution in [0.15, 0.2) is 77.7 Å². The van der Waals surface area contributed by atoms with Gasteiger partial charge in [-0.1, -0.05) is 54.1 Å². The number of halogens is 1. The van der Waals surface area contributed by atoms with Gasteiger partial charge in [0.05, 0.1) is 13.7 Å². The number of amides is 1. The molecule has 1 N–H and O–H groups in total. The van der Waals surface area contributed by atoms with Gasteiger partial charge >= 0.3 is 0 Å². The lowest BCUT2D eigenvalue weighted by Crippen LogP contribution is -2.39. The van der Waals surface area contributed by atoms with E-state index in [2.05, 4.69) is 5.32 Å². The van der Waals surface area contributed by atoms with Crippen molar-refractivity contribution in [3.05, 3.63) is 88.9 Å². The summed E-state index contributed by atoms with van der Waals surface area (Å²) in [5.41, 5.74) is 2.24. The van der Waals surface area contributed by atoms with Crippen LogP contribution in [-0.4, -0.2) is 38.8 Å². The summed E-state index contributed by atoms with van der Waals surface area (Å²) < 4.78 is 33.6. The SMILES string of the molecule is COc1ccc(C)cc1S(=O)(=O)N(CCc1ccccc1)CC(=O)Nc1cccc(Cl)c1. The molecule has 0 aromatic heterocycles. The second-order valence-corrected chi connectivity index (χ2v) is 9.63. The maximum Gasteiger partial charge on any atom is 0.247 e. The number of nitrogens with one attached hydrogen (secondary N) is 1. The number of rotatable bonds is 9. The molecule has 3 aromatic carbocycles. The van der Waals surface area contributed by atoms with Crippen molar-refractivity contribution in [3.8, 4) is 5.75 Å². The van der Waals surface area contributed by atoms with E-state index in [1.807, 2.05) is 30.3 Å². The molecule has 0 heterocycles. The minimum Gasteiger partial charge on any atom is -0.495 e. The van der Waals surface area contributed by atoms with Crippen LogP contribution in [0.2, 0.25) is 5.02 Å². The summed E-state index contributed by atoms with van der Waals surface area (Å²) in [5.74, 6) is -0.230. The minimum atomic E-state index is -4.01. The summed E-state index contributed by atoms with van der Waals surface area (Å²) >= 11 is 5.98. The average Bonchev–Trinajstić information content (AvgIpc) is 2.77. The highest BCUT2D eigenvalue weighted by Crippen LogP contribution is 2.28. The van der Waals surface area contributed by atoms with Crippen molar-refractivity contribution in [3.63, 3.8) is 0 Å². The number of ether oxygens (including phenoxy) is 1. The minimum absolute atomic E-state index is 0.0311. The average molecular weight is 473 g/mol. The van der Waals surface area contributed by atoms with E-state index in [9.17, 15) is 13.2 Å². The van der Waals surface area contributed by atoms with E-state index in [-0.39, 0.29) is 23.7 Å². The van der Waals surface area contributed by atoms with E-state index in [0.717, 1.165) is 11.1 Å². The Kier molecular flexibility index (Phi) is 7.90. The summed E-state index contributed by atoms with van der Waals surface area (Å²) in [7, 11) is -2.59. The van der Waals surface area contributed by atoms with Gasteiger partial charge in [0.1, 0.15) is 10.6 Å². The first kappa shape index (κ1) is 23.8. The molecule has 1 amide bonds. The predicted octanol–water partition coefficient (Wildman–Crippen LogP) is 4.53. The number of aryl methyl sites for hydroxylation is 1. The zero-order valence-electron chi connectivity index (χ0n) is 17.9. The van der Waals surface area contributed by atoms with Crippen LogP contribution in [-0.2, 0) is 21.2 Å². The second kappa shape index (κ2) is 10.6. The molecule has 0 saturated carbocycles. The molecule has 0 saturated heterocycles. The van der Waals surface area contributed by atoms with Crippen LogP contribution < -0.4 is 10.1 Å². The second-order valence-electron chi connectivity index (χ2n) is 7.29. The van der Waals surface area contributed by atoms with Crippen LogP contribution >= 0.6 is 11.6 Å². The summed E-state index contributed by atoms with van der Waals surface area (Å²) in [6, 6.07) is 21.2. The Bertz CT molecular complexity index is 1180. The molecule has 168 valence electrons. The fourth-order valence-corrected chi connectivity index (χ4v) is 5.06. The van der Waals surface area contributed by atoms with Crippen molar-refractivity contribution in [2.45, 2.75) is 18.2 Å². The van der Waals surface area contributed by atoms with Gasteiger partial charge < -0.3 is 10.1 Å². The highest BCUT2D eigenvalue weighted by atomic mass is 35.5. The van der Waals surface area contributed by atoms with Crippen molar-refractivity contribution >= 4 is 33.2 Å². The Morgan fingerprint density at radius 3 is 2.47 bits per heavy atom. The molecule has 0 spiro atoms. The van der Waals surface area contributed by atoms with Gasteiger partial charge in [-0.2, -0.15) is 4.31 Å². The maximum absolute atomic E-state index is 13.6. The fourth-order valence-electron chi connectivity index (χ4n) is 3.23. The first-order chi connectivity index (χ1) is 15.3. The van der Waals surface area contributed by atoms with Gasteiger partial charge in [-0.3, -0.25) is 4.79 Å². The summed E-state index contributed by atoms with van der Waals surface area (Å²) in [5, 5.41) is 3.19. The molecule has 0 unspecified atom stereocenters. The van der Waals surface area contributed by atoms with Gasteiger partial charge in [-0.05, 0) is 54.8 Å². The van der Waals surface area contributed by atoms with Gasteiger partial charge in [0.2, 0.25) is 15.9 Å². The van der Waals surface area contributed by atoms with E-state index in [1.54, 1.807) is 49.4 Å². The molecule has 0 fully saturated rings. The standard InChI is InChI=1S/C24H25ClN2O4S/c1-18-11-12-22(31-2)23(15-18)32(29,30)27(14-13-19-7-4-3-5-8-19)17-24(28)26-21-10-6-9-20(25)16-21/h3-12,15-16H,13-14,17H2,1-2H3,(H,26,28). The number of methoxy groups -OCH3 is 1. The van der Waals surface area contributed by atoms with Gasteiger partial charge in [-0.15, -0.1) is 0 Å². The number of nitrogens with zero attached hydrogens (tertiary/aromatic N) is 1. The van der Waals surface area contributed by atoms with Crippen LogP contribution in [0.4, 0.5) is 5.69 Å². The van der Waals surface area contributed by atoms with Crippen LogP contribution in [0.3, 0.4) is 0 Å². The van der Waals surface area contributed by atoms with Gasteiger partial charge in [0.15, 0.2) is 0 Å². The number of anilines is 1. The number of sulfonamides is 1. The predicted molar refractivity (Wildman–Crippen MR) is 127 cm³/mol. The molecule has 0 bridgehead atoms. The van der Waals surface area contributed by atoms with Crippen molar-refractivity contribution in [2.24, 2.45) is 0 Å². The molecule has 0 aliphatic heterocycles. The molecular formula is C24H25ClN2O4S. The number of benzene rings is 3. The van der Waals surface area contributed by atoms with Crippen molar-refractivity contribution in [1.82, 2.24) is 4.31 Å².